The van der Waals surface area contributed by atoms with Gasteiger partial charge in [0.2, 0.25) is 5.82 Å². The van der Waals surface area contributed by atoms with E-state index in [1.165, 1.54) is 0 Å². The van der Waals surface area contributed by atoms with Gasteiger partial charge in [-0.05, 0) is 26.0 Å². The van der Waals surface area contributed by atoms with Crippen molar-refractivity contribution in [2.45, 2.75) is 19.4 Å². The third-order valence-electron chi connectivity index (χ3n) is 3.44. The maximum Gasteiger partial charge on any atom is 0.260 e. The van der Waals surface area contributed by atoms with Gasteiger partial charge in [-0.1, -0.05) is 11.2 Å². The van der Waals surface area contributed by atoms with Crippen LogP contribution in [0.5, 0.6) is 0 Å². The molecule has 6 nitrogen and oxygen atoms in total. The Balaban J connectivity index is 2.15. The zero-order valence-corrected chi connectivity index (χ0v) is 11.9. The average Bonchev–Trinajstić information content (AvgIpc) is 3.07. The Hall–Kier alpha value is -2.21. The van der Waals surface area contributed by atoms with Gasteiger partial charge in [-0.15, -0.1) is 0 Å². The number of aromatic nitrogens is 4. The van der Waals surface area contributed by atoms with Crippen LogP contribution in [0.3, 0.4) is 0 Å². The number of hydrogen-bond donors (Lipinski definition) is 0. The molecule has 20 heavy (non-hydrogen) atoms. The molecule has 0 radical (unpaired) electrons. The van der Waals surface area contributed by atoms with E-state index in [4.69, 9.17) is 9.26 Å². The maximum atomic E-state index is 5.39. The molecule has 0 saturated carbocycles. The Morgan fingerprint density at radius 2 is 2.10 bits per heavy atom. The van der Waals surface area contributed by atoms with Crippen molar-refractivity contribution in [1.29, 1.82) is 0 Å². The fourth-order valence-corrected chi connectivity index (χ4v) is 2.05. The molecule has 104 valence electrons. The summed E-state index contributed by atoms with van der Waals surface area (Å²) in [5.74, 6) is 0.994. The molecule has 0 N–H and O–H groups in total. The van der Waals surface area contributed by atoms with Crippen molar-refractivity contribution in [1.82, 2.24) is 19.7 Å². The first kappa shape index (κ1) is 12.8. The first-order valence-electron chi connectivity index (χ1n) is 6.32. The second-order valence-electron chi connectivity index (χ2n) is 5.17. The first-order valence-corrected chi connectivity index (χ1v) is 6.32. The molecule has 0 unspecified atom stereocenters. The number of imidazole rings is 1. The molecular weight excluding hydrogens is 256 g/mol. The molecule has 6 heteroatoms. The molecule has 3 rings (SSSR count). The fraction of sp³-hybridized carbons (Fsp3) is 0.357. The van der Waals surface area contributed by atoms with Crippen LogP contribution in [-0.4, -0.2) is 26.8 Å². The largest absolute Gasteiger partial charge is 0.371 e. The number of benzene rings is 1. The molecule has 0 atom stereocenters. The van der Waals surface area contributed by atoms with Gasteiger partial charge in [0.15, 0.2) is 0 Å². The quantitative estimate of drug-likeness (QED) is 0.733. The van der Waals surface area contributed by atoms with Crippen LogP contribution in [0.2, 0.25) is 0 Å². The number of ether oxygens (including phenoxy) is 1. The summed E-state index contributed by atoms with van der Waals surface area (Å²) in [5.41, 5.74) is 2.16. The summed E-state index contributed by atoms with van der Waals surface area (Å²) in [5, 5.41) is 4.02. The molecule has 1 aromatic carbocycles. The van der Waals surface area contributed by atoms with E-state index in [-0.39, 0.29) is 0 Å². The predicted octanol–water partition coefficient (Wildman–Crippen LogP) is 2.50. The minimum absolute atomic E-state index is 0.472. The minimum Gasteiger partial charge on any atom is -0.371 e. The summed E-state index contributed by atoms with van der Waals surface area (Å²) in [6, 6.07) is 5.83. The van der Waals surface area contributed by atoms with E-state index in [9.17, 15) is 0 Å². The summed E-state index contributed by atoms with van der Waals surface area (Å²) in [4.78, 5) is 8.77. The van der Waals surface area contributed by atoms with Gasteiger partial charge in [-0.25, -0.2) is 4.98 Å². The Labute approximate surface area is 116 Å². The standard InChI is InChI=1S/C14H16N4O2/c1-14(2,19-4)13-16-12(20-17-13)9-6-5-7-10-11(9)18(3)8-15-10/h5-8H,1-4H3. The summed E-state index contributed by atoms with van der Waals surface area (Å²) in [6.07, 6.45) is 1.77. The third kappa shape index (κ3) is 1.89. The SMILES string of the molecule is COC(C)(C)c1noc(-c2cccc3ncn(C)c23)n1. The van der Waals surface area contributed by atoms with Crippen LogP contribution in [0.25, 0.3) is 22.5 Å². The van der Waals surface area contributed by atoms with Crippen molar-refractivity contribution in [2.75, 3.05) is 7.11 Å². The number of para-hydroxylation sites is 1. The van der Waals surface area contributed by atoms with E-state index >= 15 is 0 Å². The molecule has 0 amide bonds. The van der Waals surface area contributed by atoms with Crippen molar-refractivity contribution in [3.63, 3.8) is 0 Å². The zero-order valence-electron chi connectivity index (χ0n) is 11.9. The van der Waals surface area contributed by atoms with Crippen LogP contribution in [0.15, 0.2) is 29.0 Å². The summed E-state index contributed by atoms with van der Waals surface area (Å²) in [7, 11) is 3.56. The summed E-state index contributed by atoms with van der Waals surface area (Å²) in [6.45, 7) is 3.79. The van der Waals surface area contributed by atoms with E-state index in [2.05, 4.69) is 15.1 Å². The highest BCUT2D eigenvalue weighted by Crippen LogP contribution is 2.29. The van der Waals surface area contributed by atoms with Crippen LogP contribution in [0.1, 0.15) is 19.7 Å². The van der Waals surface area contributed by atoms with Crippen LogP contribution in [-0.2, 0) is 17.4 Å². The lowest BCUT2D eigenvalue weighted by molar-refractivity contribution is 0.00973. The Morgan fingerprint density at radius 1 is 1.30 bits per heavy atom. The maximum absolute atomic E-state index is 5.39. The van der Waals surface area contributed by atoms with Crippen LogP contribution in [0, 0.1) is 0 Å². The third-order valence-corrected chi connectivity index (χ3v) is 3.44. The lowest BCUT2D eigenvalue weighted by Gasteiger charge is -2.17. The van der Waals surface area contributed by atoms with Gasteiger partial charge in [0, 0.05) is 14.2 Å². The Kier molecular flexibility index (Phi) is 2.83. The molecule has 3 aromatic rings. The number of hydrogen-bond acceptors (Lipinski definition) is 5. The molecule has 0 aliphatic carbocycles. The van der Waals surface area contributed by atoms with Crippen LogP contribution < -0.4 is 0 Å². The highest BCUT2D eigenvalue weighted by molar-refractivity contribution is 5.89. The average molecular weight is 272 g/mol. The van der Waals surface area contributed by atoms with Gasteiger partial charge in [-0.3, -0.25) is 0 Å². The molecule has 0 aliphatic heterocycles. The smallest absolute Gasteiger partial charge is 0.260 e. The van der Waals surface area contributed by atoms with Gasteiger partial charge in [0.25, 0.3) is 5.89 Å². The van der Waals surface area contributed by atoms with Gasteiger partial charge >= 0.3 is 0 Å². The van der Waals surface area contributed by atoms with Crippen molar-refractivity contribution in [2.24, 2.45) is 7.05 Å². The number of nitrogens with zero attached hydrogens (tertiary/aromatic N) is 4. The Bertz CT molecular complexity index is 757. The molecule has 0 spiro atoms. The van der Waals surface area contributed by atoms with E-state index in [0.29, 0.717) is 11.7 Å². The second-order valence-corrected chi connectivity index (χ2v) is 5.17. The molecule has 0 fully saturated rings. The van der Waals surface area contributed by atoms with E-state index < -0.39 is 5.60 Å². The first-order chi connectivity index (χ1) is 9.53. The molecule has 2 aromatic heterocycles. The second kappa shape index (κ2) is 4.42. The number of rotatable bonds is 3. The zero-order chi connectivity index (χ0) is 14.3. The predicted molar refractivity (Wildman–Crippen MR) is 74.0 cm³/mol. The van der Waals surface area contributed by atoms with E-state index in [0.717, 1.165) is 16.6 Å². The van der Waals surface area contributed by atoms with Gasteiger partial charge in [0.1, 0.15) is 5.60 Å². The highest BCUT2D eigenvalue weighted by Gasteiger charge is 2.27. The molecule has 0 bridgehead atoms. The monoisotopic (exact) mass is 272 g/mol. The van der Waals surface area contributed by atoms with Crippen molar-refractivity contribution < 1.29 is 9.26 Å². The molecule has 2 heterocycles. The van der Waals surface area contributed by atoms with Crippen LogP contribution in [0.4, 0.5) is 0 Å². The number of methoxy groups -OCH3 is 1. The minimum atomic E-state index is -0.581. The summed E-state index contributed by atoms with van der Waals surface area (Å²) < 4.78 is 12.7. The molecular formula is C14H16N4O2. The van der Waals surface area contributed by atoms with Crippen molar-refractivity contribution in [3.8, 4) is 11.5 Å². The lowest BCUT2D eigenvalue weighted by Crippen LogP contribution is -2.21. The van der Waals surface area contributed by atoms with Gasteiger partial charge in [0.05, 0.1) is 22.9 Å². The molecule has 0 aliphatic rings. The van der Waals surface area contributed by atoms with Crippen LogP contribution >= 0.6 is 0 Å². The van der Waals surface area contributed by atoms with Gasteiger partial charge in [-0.2, -0.15) is 4.98 Å². The fourth-order valence-electron chi connectivity index (χ4n) is 2.05. The van der Waals surface area contributed by atoms with Crippen molar-refractivity contribution in [3.05, 3.63) is 30.4 Å². The Morgan fingerprint density at radius 3 is 2.85 bits per heavy atom. The van der Waals surface area contributed by atoms with E-state index in [1.54, 1.807) is 13.4 Å². The lowest BCUT2D eigenvalue weighted by atomic mass is 10.1. The topological polar surface area (TPSA) is 66.0 Å². The summed E-state index contributed by atoms with van der Waals surface area (Å²) >= 11 is 0. The van der Waals surface area contributed by atoms with E-state index in [1.807, 2.05) is 43.7 Å². The van der Waals surface area contributed by atoms with Crippen molar-refractivity contribution >= 4 is 11.0 Å². The highest BCUT2D eigenvalue weighted by atomic mass is 16.5. The normalized spacial score (nSPS) is 12.2. The number of fused-ring (bicyclic) bond motifs is 1. The molecule has 0 saturated heterocycles. The number of aryl methyl sites for hydroxylation is 1. The van der Waals surface area contributed by atoms with Gasteiger partial charge < -0.3 is 13.8 Å².